The predicted molar refractivity (Wildman–Crippen MR) is 82.9 cm³/mol. The number of rotatable bonds is 3. The van der Waals surface area contributed by atoms with Crippen molar-refractivity contribution in [2.45, 2.75) is 63.6 Å². The van der Waals surface area contributed by atoms with Crippen molar-refractivity contribution in [2.75, 3.05) is 6.61 Å². The van der Waals surface area contributed by atoms with E-state index in [4.69, 9.17) is 4.74 Å². The molecule has 0 bridgehead atoms. The van der Waals surface area contributed by atoms with Crippen LogP contribution in [0.15, 0.2) is 30.3 Å². The van der Waals surface area contributed by atoms with Crippen LogP contribution in [0.1, 0.15) is 51.0 Å². The van der Waals surface area contributed by atoms with Crippen molar-refractivity contribution < 1.29 is 4.74 Å². The number of benzene rings is 1. The van der Waals surface area contributed by atoms with E-state index in [1.165, 1.54) is 31.2 Å². The molecule has 2 aliphatic rings. The Kier molecular flexibility index (Phi) is 4.42. The summed E-state index contributed by atoms with van der Waals surface area (Å²) in [5, 5.41) is 3.86. The van der Waals surface area contributed by atoms with Gasteiger partial charge in [0.15, 0.2) is 0 Å². The smallest absolute Gasteiger partial charge is 0.0729 e. The molecule has 110 valence electrons. The van der Waals surface area contributed by atoms with Crippen LogP contribution in [0.2, 0.25) is 0 Å². The first kappa shape index (κ1) is 14.1. The number of hydrogen-bond donors (Lipinski definition) is 1. The quantitative estimate of drug-likeness (QED) is 0.906. The lowest BCUT2D eigenvalue weighted by atomic mass is 9.78. The third-order valence-electron chi connectivity index (χ3n) is 4.78. The van der Waals surface area contributed by atoms with Gasteiger partial charge in [0.2, 0.25) is 0 Å². The van der Waals surface area contributed by atoms with Crippen molar-refractivity contribution in [1.29, 1.82) is 0 Å². The van der Waals surface area contributed by atoms with E-state index in [1.807, 2.05) is 0 Å². The molecule has 3 rings (SSSR count). The Balaban J connectivity index is 1.63. The van der Waals surface area contributed by atoms with Crippen LogP contribution >= 0.6 is 0 Å². The molecular weight excluding hydrogens is 246 g/mol. The highest BCUT2D eigenvalue weighted by molar-refractivity contribution is 5.21. The zero-order valence-electron chi connectivity index (χ0n) is 12.7. The van der Waals surface area contributed by atoms with Gasteiger partial charge in [-0.3, -0.25) is 0 Å². The zero-order valence-corrected chi connectivity index (χ0v) is 12.7. The standard InChI is InChI=1S/C18H27NO/c1-13(2)10-16-12-20-18-9-8-15(11-17(18)19-16)14-6-4-3-5-7-14/h3-7,13,15-19H,8-12H2,1-2H3. The van der Waals surface area contributed by atoms with Gasteiger partial charge in [0, 0.05) is 12.1 Å². The Morgan fingerprint density at radius 3 is 2.75 bits per heavy atom. The number of fused-ring (bicyclic) bond motifs is 1. The van der Waals surface area contributed by atoms with Gasteiger partial charge in [-0.1, -0.05) is 44.2 Å². The normalized spacial score (nSPS) is 34.0. The van der Waals surface area contributed by atoms with Crippen LogP contribution in [0.25, 0.3) is 0 Å². The van der Waals surface area contributed by atoms with Gasteiger partial charge in [-0.05, 0) is 43.1 Å². The monoisotopic (exact) mass is 273 g/mol. The van der Waals surface area contributed by atoms with Gasteiger partial charge >= 0.3 is 0 Å². The molecule has 20 heavy (non-hydrogen) atoms. The van der Waals surface area contributed by atoms with Gasteiger partial charge < -0.3 is 10.1 Å². The molecule has 1 aromatic carbocycles. The summed E-state index contributed by atoms with van der Waals surface area (Å²) in [6, 6.07) is 12.1. The van der Waals surface area contributed by atoms with Crippen molar-refractivity contribution in [1.82, 2.24) is 5.32 Å². The van der Waals surface area contributed by atoms with Crippen LogP contribution in [-0.2, 0) is 4.74 Å². The molecule has 0 radical (unpaired) electrons. The topological polar surface area (TPSA) is 21.3 Å². The van der Waals surface area contributed by atoms with Crippen LogP contribution in [0.4, 0.5) is 0 Å². The van der Waals surface area contributed by atoms with E-state index >= 15 is 0 Å². The average molecular weight is 273 g/mol. The van der Waals surface area contributed by atoms with E-state index in [0.29, 0.717) is 24.1 Å². The minimum atomic E-state index is 0.443. The fourth-order valence-electron chi connectivity index (χ4n) is 3.84. The molecule has 0 aromatic heterocycles. The molecular formula is C18H27NO. The molecule has 1 aromatic rings. The Bertz CT molecular complexity index is 417. The second-order valence-corrected chi connectivity index (χ2v) is 6.89. The summed E-state index contributed by atoms with van der Waals surface area (Å²) in [4.78, 5) is 0. The molecule has 1 saturated heterocycles. The van der Waals surface area contributed by atoms with Crippen LogP contribution in [-0.4, -0.2) is 24.8 Å². The molecule has 2 nitrogen and oxygen atoms in total. The first-order valence-electron chi connectivity index (χ1n) is 8.15. The summed E-state index contributed by atoms with van der Waals surface area (Å²) in [7, 11) is 0. The number of nitrogens with one attached hydrogen (secondary N) is 1. The fourth-order valence-corrected chi connectivity index (χ4v) is 3.84. The van der Waals surface area contributed by atoms with Gasteiger partial charge in [-0.15, -0.1) is 0 Å². The highest BCUT2D eigenvalue weighted by Gasteiger charge is 2.36. The molecule has 1 heterocycles. The summed E-state index contributed by atoms with van der Waals surface area (Å²) in [5.41, 5.74) is 1.50. The highest BCUT2D eigenvalue weighted by atomic mass is 16.5. The number of morpholine rings is 1. The van der Waals surface area contributed by atoms with Crippen LogP contribution < -0.4 is 5.32 Å². The summed E-state index contributed by atoms with van der Waals surface area (Å²) in [6.07, 6.45) is 5.36. The van der Waals surface area contributed by atoms with Gasteiger partial charge in [0.1, 0.15) is 0 Å². The minimum absolute atomic E-state index is 0.443. The summed E-state index contributed by atoms with van der Waals surface area (Å²) < 4.78 is 6.12. The number of ether oxygens (including phenoxy) is 1. The Morgan fingerprint density at radius 2 is 2.00 bits per heavy atom. The largest absolute Gasteiger partial charge is 0.375 e. The lowest BCUT2D eigenvalue weighted by molar-refractivity contribution is -0.0520. The first-order chi connectivity index (χ1) is 9.72. The molecule has 4 unspecified atom stereocenters. The molecule has 0 amide bonds. The van der Waals surface area contributed by atoms with E-state index in [2.05, 4.69) is 49.5 Å². The average Bonchev–Trinajstić information content (AvgIpc) is 2.47. The predicted octanol–water partition coefficient (Wildman–Crippen LogP) is 3.73. The molecule has 1 N–H and O–H groups in total. The molecule has 0 spiro atoms. The maximum Gasteiger partial charge on any atom is 0.0729 e. The third-order valence-corrected chi connectivity index (χ3v) is 4.78. The fraction of sp³-hybridized carbons (Fsp3) is 0.667. The van der Waals surface area contributed by atoms with Crippen molar-refractivity contribution in [3.63, 3.8) is 0 Å². The van der Waals surface area contributed by atoms with Crippen LogP contribution in [0.3, 0.4) is 0 Å². The first-order valence-corrected chi connectivity index (χ1v) is 8.15. The summed E-state index contributed by atoms with van der Waals surface area (Å²) in [6.45, 7) is 5.48. The van der Waals surface area contributed by atoms with Crippen molar-refractivity contribution in [2.24, 2.45) is 5.92 Å². The van der Waals surface area contributed by atoms with Gasteiger partial charge in [-0.2, -0.15) is 0 Å². The Hall–Kier alpha value is -0.860. The SMILES string of the molecule is CC(C)CC1COC2CCC(c3ccccc3)CC2N1. The Morgan fingerprint density at radius 1 is 1.20 bits per heavy atom. The maximum absolute atomic E-state index is 6.12. The van der Waals surface area contributed by atoms with Crippen LogP contribution in [0.5, 0.6) is 0 Å². The van der Waals surface area contributed by atoms with E-state index in [9.17, 15) is 0 Å². The van der Waals surface area contributed by atoms with E-state index in [1.54, 1.807) is 0 Å². The molecule has 1 aliphatic heterocycles. The van der Waals surface area contributed by atoms with E-state index in [-0.39, 0.29) is 0 Å². The molecule has 1 aliphatic carbocycles. The number of hydrogen-bond acceptors (Lipinski definition) is 2. The van der Waals surface area contributed by atoms with Gasteiger partial charge in [-0.25, -0.2) is 0 Å². The van der Waals surface area contributed by atoms with Crippen LogP contribution in [0, 0.1) is 5.92 Å². The molecule has 4 atom stereocenters. The second kappa shape index (κ2) is 6.28. The summed E-state index contributed by atoms with van der Waals surface area (Å²) >= 11 is 0. The second-order valence-electron chi connectivity index (χ2n) is 6.89. The van der Waals surface area contributed by atoms with Crippen molar-refractivity contribution >= 4 is 0 Å². The van der Waals surface area contributed by atoms with Gasteiger partial charge in [0.05, 0.1) is 12.7 Å². The van der Waals surface area contributed by atoms with Crippen molar-refractivity contribution in [3.8, 4) is 0 Å². The van der Waals surface area contributed by atoms with E-state index in [0.717, 1.165) is 12.5 Å². The third kappa shape index (κ3) is 3.24. The Labute approximate surface area is 122 Å². The molecule has 2 heteroatoms. The lowest BCUT2D eigenvalue weighted by Gasteiger charge is -2.43. The highest BCUT2D eigenvalue weighted by Crippen LogP contribution is 2.36. The van der Waals surface area contributed by atoms with Crippen molar-refractivity contribution in [3.05, 3.63) is 35.9 Å². The zero-order chi connectivity index (χ0) is 13.9. The minimum Gasteiger partial charge on any atom is -0.375 e. The maximum atomic E-state index is 6.12. The van der Waals surface area contributed by atoms with Gasteiger partial charge in [0.25, 0.3) is 0 Å². The van der Waals surface area contributed by atoms with E-state index < -0.39 is 0 Å². The lowest BCUT2D eigenvalue weighted by Crippen LogP contribution is -2.56. The summed E-state index contributed by atoms with van der Waals surface area (Å²) in [5.74, 6) is 1.44. The molecule has 1 saturated carbocycles. The molecule has 2 fully saturated rings.